The Morgan fingerprint density at radius 1 is 1.46 bits per heavy atom. The number of hydrogen-bond acceptors (Lipinski definition) is 4. The Morgan fingerprint density at radius 2 is 2.00 bits per heavy atom. The number of alkyl carbamates (subject to hydrolysis) is 1. The molecule has 0 saturated carbocycles. The highest BCUT2D eigenvalue weighted by molar-refractivity contribution is 5.79. The van der Waals surface area contributed by atoms with E-state index < -0.39 is 11.7 Å². The zero-order valence-electron chi connectivity index (χ0n) is 8.43. The molecule has 5 heteroatoms. The third-order valence-electron chi connectivity index (χ3n) is 1.04. The molecule has 0 aliphatic rings. The average Bonchev–Trinajstić information content (AvgIpc) is 1.97. The van der Waals surface area contributed by atoms with Crippen molar-refractivity contribution in [2.24, 2.45) is 0 Å². The lowest BCUT2D eigenvalue weighted by Gasteiger charge is -2.19. The van der Waals surface area contributed by atoms with E-state index in [0.717, 1.165) is 0 Å². The number of amides is 1. The molecule has 0 atom stereocenters. The Hall–Kier alpha value is -1.26. The van der Waals surface area contributed by atoms with Crippen LogP contribution < -0.4 is 5.32 Å². The van der Waals surface area contributed by atoms with Gasteiger partial charge in [0.05, 0.1) is 13.7 Å². The van der Waals surface area contributed by atoms with Gasteiger partial charge in [0.2, 0.25) is 0 Å². The number of rotatable bonds is 2. The molecule has 0 aliphatic heterocycles. The normalized spacial score (nSPS) is 10.5. The molecule has 0 fully saturated rings. The average molecular weight is 188 g/mol. The van der Waals surface area contributed by atoms with Gasteiger partial charge >= 0.3 is 6.09 Å². The first-order valence-corrected chi connectivity index (χ1v) is 3.93. The van der Waals surface area contributed by atoms with Gasteiger partial charge in [-0.3, -0.25) is 5.41 Å². The smallest absolute Gasteiger partial charge is 0.408 e. The standard InChI is InChI=1S/C8H16N2O3/c1-8(2,3)13-7(11)10-5-6(9)12-4/h9H,5H2,1-4H3,(H,10,11). The van der Waals surface area contributed by atoms with Crippen LogP contribution in [0.3, 0.4) is 0 Å². The lowest BCUT2D eigenvalue weighted by Crippen LogP contribution is -2.35. The van der Waals surface area contributed by atoms with Gasteiger partial charge in [-0.1, -0.05) is 0 Å². The van der Waals surface area contributed by atoms with E-state index in [1.807, 2.05) is 0 Å². The quantitative estimate of drug-likeness (QED) is 0.504. The molecule has 1 amide bonds. The largest absolute Gasteiger partial charge is 0.483 e. The summed E-state index contributed by atoms with van der Waals surface area (Å²) in [5, 5.41) is 9.45. The summed E-state index contributed by atoms with van der Waals surface area (Å²) < 4.78 is 9.47. The lowest BCUT2D eigenvalue weighted by atomic mass is 10.2. The molecule has 0 heterocycles. The van der Waals surface area contributed by atoms with Crippen LogP contribution in [0.25, 0.3) is 0 Å². The Labute approximate surface area is 77.9 Å². The summed E-state index contributed by atoms with van der Waals surface area (Å²) in [7, 11) is 1.37. The van der Waals surface area contributed by atoms with Crippen molar-refractivity contribution in [3.63, 3.8) is 0 Å². The molecule has 2 N–H and O–H groups in total. The number of hydrogen-bond donors (Lipinski definition) is 2. The van der Waals surface area contributed by atoms with E-state index >= 15 is 0 Å². The van der Waals surface area contributed by atoms with Crippen LogP contribution in [-0.2, 0) is 9.47 Å². The first kappa shape index (κ1) is 11.7. The maximum absolute atomic E-state index is 11.0. The summed E-state index contributed by atoms with van der Waals surface area (Å²) in [6.07, 6.45) is -0.547. The van der Waals surface area contributed by atoms with Crippen LogP contribution in [-0.4, -0.2) is 31.2 Å². The van der Waals surface area contributed by atoms with E-state index in [2.05, 4.69) is 10.1 Å². The molecular formula is C8H16N2O3. The molecule has 0 radical (unpaired) electrons. The van der Waals surface area contributed by atoms with Crippen molar-refractivity contribution in [2.75, 3.05) is 13.7 Å². The van der Waals surface area contributed by atoms with E-state index in [1.54, 1.807) is 20.8 Å². The van der Waals surface area contributed by atoms with Crippen LogP contribution in [0.15, 0.2) is 0 Å². The highest BCUT2D eigenvalue weighted by Crippen LogP contribution is 2.05. The van der Waals surface area contributed by atoms with E-state index in [-0.39, 0.29) is 12.4 Å². The van der Waals surface area contributed by atoms with E-state index in [0.29, 0.717) is 0 Å². The highest BCUT2D eigenvalue weighted by Gasteiger charge is 2.15. The van der Waals surface area contributed by atoms with Gasteiger partial charge in [0.15, 0.2) is 5.90 Å². The Morgan fingerprint density at radius 3 is 2.38 bits per heavy atom. The maximum Gasteiger partial charge on any atom is 0.408 e. The number of methoxy groups -OCH3 is 1. The SMILES string of the molecule is COC(=N)CNC(=O)OC(C)(C)C. The van der Waals surface area contributed by atoms with E-state index in [4.69, 9.17) is 10.1 Å². The Kier molecular flexibility index (Phi) is 4.23. The number of nitrogens with one attached hydrogen (secondary N) is 2. The van der Waals surface area contributed by atoms with Gasteiger partial charge in [-0.2, -0.15) is 0 Å². The number of carbonyl (C=O) groups is 1. The third kappa shape index (κ3) is 7.11. The molecular weight excluding hydrogens is 172 g/mol. The van der Waals surface area contributed by atoms with E-state index in [1.165, 1.54) is 7.11 Å². The van der Waals surface area contributed by atoms with Gasteiger partial charge in [0.1, 0.15) is 5.60 Å². The van der Waals surface area contributed by atoms with Crippen molar-refractivity contribution in [3.05, 3.63) is 0 Å². The highest BCUT2D eigenvalue weighted by atomic mass is 16.6. The fourth-order valence-electron chi connectivity index (χ4n) is 0.539. The predicted octanol–water partition coefficient (Wildman–Crippen LogP) is 1.13. The summed E-state index contributed by atoms with van der Waals surface area (Å²) in [4.78, 5) is 11.0. The van der Waals surface area contributed by atoms with Crippen LogP contribution in [0.5, 0.6) is 0 Å². The van der Waals surface area contributed by atoms with Crippen LogP contribution >= 0.6 is 0 Å². The van der Waals surface area contributed by atoms with Gasteiger partial charge in [-0.25, -0.2) is 4.79 Å². The van der Waals surface area contributed by atoms with Crippen LogP contribution in [0.2, 0.25) is 0 Å². The minimum Gasteiger partial charge on any atom is -0.483 e. The van der Waals surface area contributed by atoms with Gasteiger partial charge in [0, 0.05) is 0 Å². The molecule has 0 saturated heterocycles. The predicted molar refractivity (Wildman–Crippen MR) is 49.0 cm³/mol. The summed E-state index contributed by atoms with van der Waals surface area (Å²) in [6.45, 7) is 5.36. The van der Waals surface area contributed by atoms with E-state index in [9.17, 15) is 4.79 Å². The van der Waals surface area contributed by atoms with Crippen molar-refractivity contribution in [3.8, 4) is 0 Å². The van der Waals surface area contributed by atoms with Gasteiger partial charge in [0.25, 0.3) is 0 Å². The zero-order chi connectivity index (χ0) is 10.5. The molecule has 0 aromatic carbocycles. The molecule has 0 rings (SSSR count). The minimum absolute atomic E-state index is 0.00846. The molecule has 0 aromatic heterocycles. The third-order valence-corrected chi connectivity index (χ3v) is 1.04. The fourth-order valence-corrected chi connectivity index (χ4v) is 0.539. The van der Waals surface area contributed by atoms with Crippen molar-refractivity contribution in [2.45, 2.75) is 26.4 Å². The first-order chi connectivity index (χ1) is 5.85. The monoisotopic (exact) mass is 188 g/mol. The first-order valence-electron chi connectivity index (χ1n) is 3.93. The van der Waals surface area contributed by atoms with Crippen molar-refractivity contribution < 1.29 is 14.3 Å². The molecule has 0 unspecified atom stereocenters. The zero-order valence-corrected chi connectivity index (χ0v) is 8.43. The fraction of sp³-hybridized carbons (Fsp3) is 0.750. The summed E-state index contributed by atoms with van der Waals surface area (Å²) in [5.41, 5.74) is -0.515. The minimum atomic E-state index is -0.547. The lowest BCUT2D eigenvalue weighted by molar-refractivity contribution is 0.0533. The van der Waals surface area contributed by atoms with Gasteiger partial charge < -0.3 is 14.8 Å². The Bertz CT molecular complexity index is 196. The summed E-state index contributed by atoms with van der Waals surface area (Å²) in [5.74, 6) is -0.00846. The number of carbonyl (C=O) groups excluding carboxylic acids is 1. The summed E-state index contributed by atoms with van der Waals surface area (Å²) in [6, 6.07) is 0. The van der Waals surface area contributed by atoms with Crippen LogP contribution in [0, 0.1) is 5.41 Å². The molecule has 0 aliphatic carbocycles. The molecule has 13 heavy (non-hydrogen) atoms. The molecule has 76 valence electrons. The maximum atomic E-state index is 11.0. The van der Waals surface area contributed by atoms with Crippen LogP contribution in [0.1, 0.15) is 20.8 Å². The van der Waals surface area contributed by atoms with Gasteiger partial charge in [-0.05, 0) is 20.8 Å². The summed E-state index contributed by atoms with van der Waals surface area (Å²) >= 11 is 0. The topological polar surface area (TPSA) is 71.4 Å². The Balaban J connectivity index is 3.71. The van der Waals surface area contributed by atoms with Crippen molar-refractivity contribution >= 4 is 12.0 Å². The number of ether oxygens (including phenoxy) is 2. The second kappa shape index (κ2) is 4.69. The molecule has 0 spiro atoms. The second-order valence-corrected chi connectivity index (χ2v) is 3.48. The van der Waals surface area contributed by atoms with Crippen LogP contribution in [0.4, 0.5) is 4.79 Å². The second-order valence-electron chi connectivity index (χ2n) is 3.48. The molecule has 0 bridgehead atoms. The van der Waals surface area contributed by atoms with Crippen molar-refractivity contribution in [1.29, 1.82) is 5.41 Å². The van der Waals surface area contributed by atoms with Crippen molar-refractivity contribution in [1.82, 2.24) is 5.32 Å². The van der Waals surface area contributed by atoms with Gasteiger partial charge in [-0.15, -0.1) is 0 Å². The molecule has 5 nitrogen and oxygen atoms in total. The molecule has 0 aromatic rings.